The van der Waals surface area contributed by atoms with Crippen LogP contribution in [-0.2, 0) is 10.0 Å². The van der Waals surface area contributed by atoms with Gasteiger partial charge >= 0.3 is 0 Å². The second-order valence-corrected chi connectivity index (χ2v) is 9.44. The van der Waals surface area contributed by atoms with Crippen molar-refractivity contribution in [1.29, 1.82) is 0 Å². The monoisotopic (exact) mass is 390 g/mol. The van der Waals surface area contributed by atoms with Crippen LogP contribution in [0.25, 0.3) is 5.69 Å². The third-order valence-corrected chi connectivity index (χ3v) is 7.65. The van der Waals surface area contributed by atoms with E-state index in [4.69, 9.17) is 0 Å². The molecule has 1 aromatic carbocycles. The Bertz CT molecular complexity index is 991. The van der Waals surface area contributed by atoms with Crippen LogP contribution in [0.1, 0.15) is 4.88 Å². The van der Waals surface area contributed by atoms with E-state index in [0.29, 0.717) is 36.3 Å². The van der Waals surface area contributed by atoms with Crippen LogP contribution in [0.5, 0.6) is 0 Å². The third-order valence-electron chi connectivity index (χ3n) is 4.29. The van der Waals surface area contributed by atoms with E-state index >= 15 is 0 Å². The van der Waals surface area contributed by atoms with Gasteiger partial charge in [-0.2, -0.15) is 8.99 Å². The maximum Gasteiger partial charge on any atom is 0.252 e. The van der Waals surface area contributed by atoms with Crippen molar-refractivity contribution in [2.45, 2.75) is 11.1 Å². The molecular formula is C16H18N6O2S2. The molecule has 0 saturated carbocycles. The van der Waals surface area contributed by atoms with Crippen molar-refractivity contribution < 1.29 is 8.42 Å². The number of hydrogen-bond donors (Lipinski definition) is 0. The lowest BCUT2D eigenvalue weighted by Gasteiger charge is -2.33. The van der Waals surface area contributed by atoms with Gasteiger partial charge in [-0.3, -0.25) is 0 Å². The second-order valence-electron chi connectivity index (χ2n) is 5.98. The van der Waals surface area contributed by atoms with Gasteiger partial charge in [-0.15, -0.1) is 11.3 Å². The van der Waals surface area contributed by atoms with E-state index in [1.807, 2.05) is 48.2 Å². The molecule has 3 aromatic rings. The largest absolute Gasteiger partial charge is 0.337 e. The fraction of sp³-hybridized carbons (Fsp3) is 0.312. The van der Waals surface area contributed by atoms with Crippen molar-refractivity contribution in [3.63, 3.8) is 0 Å². The number of piperazine rings is 1. The maximum absolute atomic E-state index is 12.8. The highest BCUT2D eigenvalue weighted by atomic mass is 32.2. The van der Waals surface area contributed by atoms with Crippen LogP contribution < -0.4 is 4.90 Å². The Labute approximate surface area is 155 Å². The highest BCUT2D eigenvalue weighted by Gasteiger charge is 2.31. The topological polar surface area (TPSA) is 84.2 Å². The van der Waals surface area contributed by atoms with E-state index < -0.39 is 10.0 Å². The summed E-state index contributed by atoms with van der Waals surface area (Å²) in [6.07, 6.45) is 0. The van der Waals surface area contributed by atoms with Crippen molar-refractivity contribution in [2.75, 3.05) is 31.1 Å². The van der Waals surface area contributed by atoms with Gasteiger partial charge in [-0.25, -0.2) is 8.42 Å². The smallest absolute Gasteiger partial charge is 0.252 e. The molecule has 1 aliphatic heterocycles. The van der Waals surface area contributed by atoms with E-state index in [1.165, 1.54) is 15.6 Å². The van der Waals surface area contributed by atoms with Crippen molar-refractivity contribution in [3.05, 3.63) is 47.3 Å². The highest BCUT2D eigenvalue weighted by Crippen LogP contribution is 2.26. The van der Waals surface area contributed by atoms with Crippen LogP contribution in [-0.4, -0.2) is 59.1 Å². The number of para-hydroxylation sites is 1. The van der Waals surface area contributed by atoms with Crippen LogP contribution in [0.3, 0.4) is 0 Å². The minimum Gasteiger partial charge on any atom is -0.337 e. The van der Waals surface area contributed by atoms with E-state index in [9.17, 15) is 8.42 Å². The fourth-order valence-electron chi connectivity index (χ4n) is 2.92. The van der Waals surface area contributed by atoms with Crippen LogP contribution in [0.15, 0.2) is 46.7 Å². The number of tetrazole rings is 1. The molecule has 0 amide bonds. The Morgan fingerprint density at radius 2 is 1.73 bits per heavy atom. The number of benzene rings is 1. The molecule has 10 heteroatoms. The summed E-state index contributed by atoms with van der Waals surface area (Å²) in [7, 11) is -3.43. The Kier molecular flexibility index (Phi) is 4.47. The highest BCUT2D eigenvalue weighted by molar-refractivity contribution is 7.91. The molecule has 0 N–H and O–H groups in total. The Balaban J connectivity index is 1.51. The Morgan fingerprint density at radius 1 is 1.00 bits per heavy atom. The number of aryl methyl sites for hydroxylation is 1. The number of thiophene rings is 1. The molecule has 0 bridgehead atoms. The molecule has 8 nitrogen and oxygen atoms in total. The molecule has 136 valence electrons. The normalized spacial score (nSPS) is 16.1. The zero-order chi connectivity index (χ0) is 18.1. The number of rotatable bonds is 4. The van der Waals surface area contributed by atoms with Gasteiger partial charge < -0.3 is 4.90 Å². The summed E-state index contributed by atoms with van der Waals surface area (Å²) >= 11 is 1.31. The van der Waals surface area contributed by atoms with Gasteiger partial charge in [0.1, 0.15) is 4.21 Å². The molecule has 1 saturated heterocycles. The number of aromatic nitrogens is 4. The third kappa shape index (κ3) is 3.11. The van der Waals surface area contributed by atoms with Crippen molar-refractivity contribution in [1.82, 2.24) is 24.5 Å². The van der Waals surface area contributed by atoms with E-state index in [1.54, 1.807) is 10.7 Å². The summed E-state index contributed by atoms with van der Waals surface area (Å²) < 4.78 is 29.1. The zero-order valence-electron chi connectivity index (χ0n) is 14.2. The summed E-state index contributed by atoms with van der Waals surface area (Å²) in [5.74, 6) is 0.625. The molecule has 0 atom stereocenters. The summed E-state index contributed by atoms with van der Waals surface area (Å²) in [6, 6.07) is 13.2. The SMILES string of the molecule is Cc1ccc(S(=O)(=O)N2CCN(c3nnnn3-c3ccccc3)CC2)s1. The van der Waals surface area contributed by atoms with Gasteiger partial charge in [0.2, 0.25) is 5.95 Å². The predicted octanol–water partition coefficient (Wildman–Crippen LogP) is 1.54. The minimum absolute atomic E-state index is 0.401. The maximum atomic E-state index is 12.8. The number of anilines is 1. The second kappa shape index (κ2) is 6.78. The molecule has 2 aromatic heterocycles. The van der Waals surface area contributed by atoms with E-state index in [0.717, 1.165) is 10.6 Å². The molecule has 0 aliphatic carbocycles. The number of hydrogen-bond acceptors (Lipinski definition) is 7. The van der Waals surface area contributed by atoms with Gasteiger partial charge in [-0.1, -0.05) is 23.3 Å². The minimum atomic E-state index is -3.43. The first-order valence-electron chi connectivity index (χ1n) is 8.21. The van der Waals surface area contributed by atoms with E-state index in [2.05, 4.69) is 15.5 Å². The van der Waals surface area contributed by atoms with Gasteiger partial charge in [0, 0.05) is 31.1 Å². The molecule has 1 aliphatic rings. The van der Waals surface area contributed by atoms with Crippen LogP contribution >= 0.6 is 11.3 Å². The average molecular weight is 390 g/mol. The van der Waals surface area contributed by atoms with Crippen molar-refractivity contribution in [2.24, 2.45) is 0 Å². The van der Waals surface area contributed by atoms with Crippen LogP contribution in [0, 0.1) is 6.92 Å². The summed E-state index contributed by atoms with van der Waals surface area (Å²) in [5, 5.41) is 12.0. The van der Waals surface area contributed by atoms with Crippen LogP contribution in [0.2, 0.25) is 0 Å². The zero-order valence-corrected chi connectivity index (χ0v) is 15.8. The lowest BCUT2D eigenvalue weighted by molar-refractivity contribution is 0.382. The molecule has 26 heavy (non-hydrogen) atoms. The van der Waals surface area contributed by atoms with Crippen molar-refractivity contribution in [3.8, 4) is 5.69 Å². The molecule has 0 radical (unpaired) electrons. The van der Waals surface area contributed by atoms with Gasteiger partial charge in [0.05, 0.1) is 5.69 Å². The standard InChI is InChI=1S/C16H18N6O2S2/c1-13-7-8-15(25-13)26(23,24)21-11-9-20(10-12-21)16-17-18-19-22(16)14-5-3-2-4-6-14/h2-8H,9-12H2,1H3. The van der Waals surface area contributed by atoms with Crippen LogP contribution in [0.4, 0.5) is 5.95 Å². The quantitative estimate of drug-likeness (QED) is 0.672. The van der Waals surface area contributed by atoms with Gasteiger partial charge in [-0.05, 0) is 41.6 Å². The first-order valence-corrected chi connectivity index (χ1v) is 10.5. The lowest BCUT2D eigenvalue weighted by Crippen LogP contribution is -2.49. The van der Waals surface area contributed by atoms with E-state index in [-0.39, 0.29) is 0 Å². The predicted molar refractivity (Wildman–Crippen MR) is 99.2 cm³/mol. The molecule has 0 unspecified atom stereocenters. The Morgan fingerprint density at radius 3 is 2.38 bits per heavy atom. The molecule has 4 rings (SSSR count). The lowest BCUT2D eigenvalue weighted by atomic mass is 10.3. The molecule has 1 fully saturated rings. The molecule has 3 heterocycles. The number of nitrogens with zero attached hydrogens (tertiary/aromatic N) is 6. The van der Waals surface area contributed by atoms with Crippen molar-refractivity contribution >= 4 is 27.3 Å². The first kappa shape index (κ1) is 17.1. The fourth-order valence-corrected chi connectivity index (χ4v) is 5.78. The Hall–Kier alpha value is -2.30. The number of sulfonamides is 1. The average Bonchev–Trinajstić information content (AvgIpc) is 3.32. The first-order chi connectivity index (χ1) is 12.6. The molecular weight excluding hydrogens is 372 g/mol. The molecule has 0 spiro atoms. The summed E-state index contributed by atoms with van der Waals surface area (Å²) in [4.78, 5) is 3.00. The van der Waals surface area contributed by atoms with Gasteiger partial charge in [0.15, 0.2) is 0 Å². The summed E-state index contributed by atoms with van der Waals surface area (Å²) in [6.45, 7) is 3.79. The summed E-state index contributed by atoms with van der Waals surface area (Å²) in [5.41, 5.74) is 0.872. The van der Waals surface area contributed by atoms with Gasteiger partial charge in [0.25, 0.3) is 10.0 Å².